The van der Waals surface area contributed by atoms with Crippen LogP contribution >= 0.6 is 0 Å². The van der Waals surface area contributed by atoms with E-state index >= 15 is 0 Å². The molecule has 1 amide bonds. The maximum atomic E-state index is 12.7. The Bertz CT molecular complexity index is 621. The topological polar surface area (TPSA) is 29.1 Å². The minimum Gasteiger partial charge on any atom is -0.325 e. The second-order valence-corrected chi connectivity index (χ2v) is 5.67. The molecule has 1 fully saturated rings. The van der Waals surface area contributed by atoms with Crippen molar-refractivity contribution in [1.82, 2.24) is 0 Å². The summed E-state index contributed by atoms with van der Waals surface area (Å²) in [5.74, 6) is 0.126. The van der Waals surface area contributed by atoms with Gasteiger partial charge in [0.05, 0.1) is 5.41 Å². The molecule has 0 saturated heterocycles. The summed E-state index contributed by atoms with van der Waals surface area (Å²) in [6.07, 6.45) is 1.88. The van der Waals surface area contributed by atoms with Crippen molar-refractivity contribution in [3.63, 3.8) is 0 Å². The van der Waals surface area contributed by atoms with Crippen LogP contribution in [-0.4, -0.2) is 5.91 Å². The molecule has 20 heavy (non-hydrogen) atoms. The Morgan fingerprint density at radius 3 is 2.10 bits per heavy atom. The van der Waals surface area contributed by atoms with Crippen LogP contribution in [0.2, 0.25) is 0 Å². The van der Waals surface area contributed by atoms with Gasteiger partial charge < -0.3 is 5.32 Å². The molecular formula is C18H19NO. The Morgan fingerprint density at radius 2 is 1.55 bits per heavy atom. The van der Waals surface area contributed by atoms with Gasteiger partial charge in [0.1, 0.15) is 0 Å². The van der Waals surface area contributed by atoms with E-state index in [-0.39, 0.29) is 11.3 Å². The quantitative estimate of drug-likeness (QED) is 0.893. The number of para-hydroxylation sites is 1. The number of nitrogens with one attached hydrogen (secondary N) is 1. The summed E-state index contributed by atoms with van der Waals surface area (Å²) in [6, 6.07) is 16.2. The molecule has 2 heteroatoms. The number of anilines is 1. The van der Waals surface area contributed by atoms with Crippen LogP contribution in [0.1, 0.15) is 29.5 Å². The van der Waals surface area contributed by atoms with Gasteiger partial charge in [-0.1, -0.05) is 48.5 Å². The van der Waals surface area contributed by atoms with E-state index in [2.05, 4.69) is 17.4 Å². The third kappa shape index (κ3) is 2.11. The lowest BCUT2D eigenvalue weighted by Crippen LogP contribution is -2.28. The first-order valence-electron chi connectivity index (χ1n) is 7.07. The Hall–Kier alpha value is -2.09. The van der Waals surface area contributed by atoms with Crippen molar-refractivity contribution < 1.29 is 4.79 Å². The maximum Gasteiger partial charge on any atom is 0.235 e. The van der Waals surface area contributed by atoms with Gasteiger partial charge in [0.2, 0.25) is 5.91 Å². The predicted molar refractivity (Wildman–Crippen MR) is 81.9 cm³/mol. The smallest absolute Gasteiger partial charge is 0.235 e. The highest BCUT2D eigenvalue weighted by Gasteiger charge is 2.51. The summed E-state index contributed by atoms with van der Waals surface area (Å²) >= 11 is 0. The summed E-state index contributed by atoms with van der Waals surface area (Å²) in [6.45, 7) is 4.06. The largest absolute Gasteiger partial charge is 0.325 e. The molecule has 1 saturated carbocycles. The SMILES string of the molecule is Cc1cccc(C)c1NC(=O)C1(c2ccccc2)CC1. The molecule has 0 atom stereocenters. The first-order chi connectivity index (χ1) is 9.63. The number of hydrogen-bond donors (Lipinski definition) is 1. The monoisotopic (exact) mass is 265 g/mol. The number of aryl methyl sites for hydroxylation is 2. The molecule has 2 aromatic carbocycles. The average molecular weight is 265 g/mol. The molecular weight excluding hydrogens is 246 g/mol. The lowest BCUT2D eigenvalue weighted by atomic mass is 9.94. The minimum absolute atomic E-state index is 0.126. The summed E-state index contributed by atoms with van der Waals surface area (Å²) in [5.41, 5.74) is 4.00. The molecule has 2 nitrogen and oxygen atoms in total. The average Bonchev–Trinajstić information content (AvgIpc) is 3.25. The highest BCUT2D eigenvalue weighted by Crippen LogP contribution is 2.49. The molecule has 102 valence electrons. The molecule has 3 rings (SSSR count). The van der Waals surface area contributed by atoms with Gasteiger partial charge in [-0.25, -0.2) is 0 Å². The van der Waals surface area contributed by atoms with Gasteiger partial charge in [-0.3, -0.25) is 4.79 Å². The zero-order chi connectivity index (χ0) is 14.2. The number of rotatable bonds is 3. The van der Waals surface area contributed by atoms with E-state index in [1.807, 2.05) is 50.2 Å². The standard InChI is InChI=1S/C18H19NO/c1-13-7-6-8-14(2)16(13)19-17(20)18(11-12-18)15-9-4-3-5-10-15/h3-10H,11-12H2,1-2H3,(H,19,20). The second-order valence-electron chi connectivity index (χ2n) is 5.67. The van der Waals surface area contributed by atoms with Crippen molar-refractivity contribution >= 4 is 11.6 Å². The van der Waals surface area contributed by atoms with Crippen LogP contribution in [0.3, 0.4) is 0 Å². The van der Waals surface area contributed by atoms with E-state index in [0.717, 1.165) is 35.2 Å². The molecule has 2 aromatic rings. The van der Waals surface area contributed by atoms with Gasteiger partial charge in [-0.15, -0.1) is 0 Å². The van der Waals surface area contributed by atoms with Crippen LogP contribution < -0.4 is 5.32 Å². The first kappa shape index (κ1) is 12.9. The normalized spacial score (nSPS) is 15.7. The Kier molecular flexibility index (Phi) is 3.09. The molecule has 0 bridgehead atoms. The summed E-state index contributed by atoms with van der Waals surface area (Å²) in [5, 5.41) is 3.14. The van der Waals surface area contributed by atoms with Crippen molar-refractivity contribution in [2.75, 3.05) is 5.32 Å². The van der Waals surface area contributed by atoms with E-state index in [1.165, 1.54) is 0 Å². The van der Waals surface area contributed by atoms with Crippen LogP contribution in [0, 0.1) is 13.8 Å². The highest BCUT2D eigenvalue weighted by atomic mass is 16.2. The molecule has 1 aliphatic carbocycles. The van der Waals surface area contributed by atoms with Crippen molar-refractivity contribution in [3.05, 3.63) is 65.2 Å². The Labute approximate surface area is 119 Å². The van der Waals surface area contributed by atoms with E-state index in [4.69, 9.17) is 0 Å². The summed E-state index contributed by atoms with van der Waals surface area (Å²) in [7, 11) is 0. The predicted octanol–water partition coefficient (Wildman–Crippen LogP) is 3.97. The number of hydrogen-bond acceptors (Lipinski definition) is 1. The lowest BCUT2D eigenvalue weighted by molar-refractivity contribution is -0.118. The molecule has 0 spiro atoms. The molecule has 0 unspecified atom stereocenters. The second kappa shape index (κ2) is 4.78. The number of carbonyl (C=O) groups is 1. The number of amides is 1. The van der Waals surface area contributed by atoms with E-state index in [9.17, 15) is 4.79 Å². The van der Waals surface area contributed by atoms with Crippen LogP contribution in [0.5, 0.6) is 0 Å². The van der Waals surface area contributed by atoms with Gasteiger partial charge in [0, 0.05) is 5.69 Å². The fourth-order valence-electron chi connectivity index (χ4n) is 2.77. The lowest BCUT2D eigenvalue weighted by Gasteiger charge is -2.18. The van der Waals surface area contributed by atoms with E-state index in [0.29, 0.717) is 0 Å². The maximum absolute atomic E-state index is 12.7. The van der Waals surface area contributed by atoms with Gasteiger partial charge in [-0.2, -0.15) is 0 Å². The molecule has 1 aliphatic rings. The number of carbonyl (C=O) groups excluding carboxylic acids is 1. The Balaban J connectivity index is 1.88. The van der Waals surface area contributed by atoms with Gasteiger partial charge in [0.15, 0.2) is 0 Å². The van der Waals surface area contributed by atoms with Crippen molar-refractivity contribution in [2.24, 2.45) is 0 Å². The molecule has 1 N–H and O–H groups in total. The van der Waals surface area contributed by atoms with Crippen LogP contribution in [0.15, 0.2) is 48.5 Å². The van der Waals surface area contributed by atoms with Gasteiger partial charge in [0.25, 0.3) is 0 Å². The minimum atomic E-state index is -0.310. The van der Waals surface area contributed by atoms with Crippen molar-refractivity contribution in [1.29, 1.82) is 0 Å². The number of benzene rings is 2. The molecule has 0 aliphatic heterocycles. The zero-order valence-corrected chi connectivity index (χ0v) is 11.9. The molecule has 0 aromatic heterocycles. The van der Waals surface area contributed by atoms with Crippen LogP contribution in [0.4, 0.5) is 5.69 Å². The van der Waals surface area contributed by atoms with Gasteiger partial charge in [-0.05, 0) is 43.4 Å². The molecule has 0 radical (unpaired) electrons. The fraction of sp³-hybridized carbons (Fsp3) is 0.278. The highest BCUT2D eigenvalue weighted by molar-refractivity contribution is 6.02. The summed E-state index contributed by atoms with van der Waals surface area (Å²) in [4.78, 5) is 12.7. The third-order valence-electron chi connectivity index (χ3n) is 4.23. The van der Waals surface area contributed by atoms with Gasteiger partial charge >= 0.3 is 0 Å². The molecule has 0 heterocycles. The van der Waals surface area contributed by atoms with E-state index in [1.54, 1.807) is 0 Å². The van der Waals surface area contributed by atoms with Crippen LogP contribution in [-0.2, 0) is 10.2 Å². The summed E-state index contributed by atoms with van der Waals surface area (Å²) < 4.78 is 0. The van der Waals surface area contributed by atoms with E-state index < -0.39 is 0 Å². The van der Waals surface area contributed by atoms with Crippen molar-refractivity contribution in [2.45, 2.75) is 32.1 Å². The van der Waals surface area contributed by atoms with Crippen LogP contribution in [0.25, 0.3) is 0 Å². The first-order valence-corrected chi connectivity index (χ1v) is 7.07. The fourth-order valence-corrected chi connectivity index (χ4v) is 2.77. The third-order valence-corrected chi connectivity index (χ3v) is 4.23. The zero-order valence-electron chi connectivity index (χ0n) is 11.9. The van der Waals surface area contributed by atoms with Crippen molar-refractivity contribution in [3.8, 4) is 0 Å². The Morgan fingerprint density at radius 1 is 0.950 bits per heavy atom.